The van der Waals surface area contributed by atoms with Gasteiger partial charge in [-0.05, 0) is 48.4 Å². The van der Waals surface area contributed by atoms with Gasteiger partial charge in [0.05, 0.1) is 35.0 Å². The van der Waals surface area contributed by atoms with E-state index in [9.17, 15) is 4.79 Å². The van der Waals surface area contributed by atoms with Gasteiger partial charge in [0, 0.05) is 13.0 Å². The van der Waals surface area contributed by atoms with Crippen LogP contribution in [0.5, 0.6) is 28.7 Å². The maximum atomic E-state index is 12.1. The molecule has 7 nitrogen and oxygen atoms in total. The molecule has 0 spiro atoms. The molecule has 152 valence electrons. The van der Waals surface area contributed by atoms with E-state index in [4.69, 9.17) is 23.7 Å². The van der Waals surface area contributed by atoms with Gasteiger partial charge in [0.15, 0.2) is 11.5 Å². The van der Waals surface area contributed by atoms with Crippen molar-refractivity contribution < 1.29 is 28.5 Å². The van der Waals surface area contributed by atoms with Crippen LogP contribution in [-0.4, -0.2) is 41.0 Å². The summed E-state index contributed by atoms with van der Waals surface area (Å²) in [6.45, 7) is 0.832. The zero-order valence-corrected chi connectivity index (χ0v) is 16.7. The fourth-order valence-corrected chi connectivity index (χ4v) is 2.62. The number of hydrogen-bond acceptors (Lipinski definition) is 6. The Labute approximate surface area is 165 Å². The van der Waals surface area contributed by atoms with Crippen LogP contribution in [-0.2, 0) is 11.3 Å². The van der Waals surface area contributed by atoms with Crippen molar-refractivity contribution in [3.05, 3.63) is 42.0 Å². The van der Waals surface area contributed by atoms with Crippen LogP contribution in [0, 0.1) is 0 Å². The molecule has 0 aromatic heterocycles. The molecule has 7 heteroatoms. The average Bonchev–Trinajstić information content (AvgIpc) is 2.74. The third-order valence-corrected chi connectivity index (χ3v) is 4.09. The van der Waals surface area contributed by atoms with E-state index < -0.39 is 0 Å². The smallest absolute Gasteiger partial charge is 0.220 e. The first-order chi connectivity index (χ1) is 13.6. The van der Waals surface area contributed by atoms with Crippen molar-refractivity contribution >= 4 is 5.91 Å². The molecule has 2 aromatic rings. The number of methoxy groups -OCH3 is 4. The predicted octanol–water partition coefficient (Wildman–Crippen LogP) is 3.20. The van der Waals surface area contributed by atoms with Crippen molar-refractivity contribution in [2.45, 2.75) is 19.4 Å². The second kappa shape index (κ2) is 10.9. The van der Waals surface area contributed by atoms with Crippen molar-refractivity contribution in [3.8, 4) is 28.7 Å². The first-order valence-electron chi connectivity index (χ1n) is 8.93. The summed E-state index contributed by atoms with van der Waals surface area (Å²) in [5.74, 6) is 3.11. The SMILES string of the molecule is COc1ccc(OCCCC(=O)NCc2cc(OC)c(OC)c(OC)c2)cc1. The molecule has 1 amide bonds. The second-order valence-corrected chi connectivity index (χ2v) is 5.94. The molecular formula is C21H27NO6. The Morgan fingerprint density at radius 1 is 0.857 bits per heavy atom. The molecule has 0 atom stereocenters. The third kappa shape index (κ3) is 5.97. The molecule has 0 heterocycles. The van der Waals surface area contributed by atoms with Gasteiger partial charge in [-0.1, -0.05) is 0 Å². The minimum absolute atomic E-state index is 0.0490. The van der Waals surface area contributed by atoms with E-state index in [0.717, 1.165) is 17.1 Å². The summed E-state index contributed by atoms with van der Waals surface area (Å²) in [7, 11) is 6.29. The molecule has 0 bridgehead atoms. The molecule has 0 radical (unpaired) electrons. The molecule has 0 fully saturated rings. The van der Waals surface area contributed by atoms with Gasteiger partial charge in [0.25, 0.3) is 0 Å². The summed E-state index contributed by atoms with van der Waals surface area (Å²) in [6.07, 6.45) is 0.994. The largest absolute Gasteiger partial charge is 0.497 e. The number of rotatable bonds is 11. The maximum absolute atomic E-state index is 12.1. The summed E-state index contributed by atoms with van der Waals surface area (Å²) in [5.41, 5.74) is 0.859. The highest BCUT2D eigenvalue weighted by atomic mass is 16.5. The number of nitrogens with one attached hydrogen (secondary N) is 1. The highest BCUT2D eigenvalue weighted by Crippen LogP contribution is 2.38. The van der Waals surface area contributed by atoms with E-state index in [0.29, 0.717) is 43.2 Å². The van der Waals surface area contributed by atoms with Crippen LogP contribution < -0.4 is 29.0 Å². The van der Waals surface area contributed by atoms with E-state index in [1.54, 1.807) is 28.4 Å². The van der Waals surface area contributed by atoms with Crippen LogP contribution in [0.1, 0.15) is 18.4 Å². The van der Waals surface area contributed by atoms with Crippen LogP contribution in [0.2, 0.25) is 0 Å². The van der Waals surface area contributed by atoms with Crippen molar-refractivity contribution in [1.82, 2.24) is 5.32 Å². The van der Waals surface area contributed by atoms with Crippen molar-refractivity contribution in [1.29, 1.82) is 0 Å². The standard InChI is InChI=1S/C21H27NO6/c1-24-16-7-9-17(10-8-16)28-11-5-6-20(23)22-14-15-12-18(25-2)21(27-4)19(13-15)26-3/h7-10,12-13H,5-6,11,14H2,1-4H3,(H,22,23). The Kier molecular flexibility index (Phi) is 8.27. The lowest BCUT2D eigenvalue weighted by molar-refractivity contribution is -0.121. The summed E-state index contributed by atoms with van der Waals surface area (Å²) in [6, 6.07) is 11.0. The van der Waals surface area contributed by atoms with Crippen molar-refractivity contribution in [3.63, 3.8) is 0 Å². The van der Waals surface area contributed by atoms with Gasteiger partial charge in [0.2, 0.25) is 11.7 Å². The summed E-state index contributed by atoms with van der Waals surface area (Å²) < 4.78 is 26.7. The molecule has 2 rings (SSSR count). The highest BCUT2D eigenvalue weighted by Gasteiger charge is 2.13. The minimum atomic E-state index is -0.0490. The van der Waals surface area contributed by atoms with Crippen LogP contribution in [0.3, 0.4) is 0 Å². The second-order valence-electron chi connectivity index (χ2n) is 5.94. The van der Waals surface area contributed by atoms with E-state index in [2.05, 4.69) is 5.32 Å². The summed E-state index contributed by atoms with van der Waals surface area (Å²) in [5, 5.41) is 2.89. The molecule has 0 aliphatic carbocycles. The minimum Gasteiger partial charge on any atom is -0.497 e. The molecule has 2 aromatic carbocycles. The number of benzene rings is 2. The molecule has 0 unspecified atom stereocenters. The van der Waals surface area contributed by atoms with E-state index >= 15 is 0 Å². The van der Waals surface area contributed by atoms with Gasteiger partial charge in [-0.25, -0.2) is 0 Å². The Bertz CT molecular complexity index is 735. The lowest BCUT2D eigenvalue weighted by Crippen LogP contribution is -2.23. The van der Waals surface area contributed by atoms with Crippen LogP contribution in [0.25, 0.3) is 0 Å². The fourth-order valence-electron chi connectivity index (χ4n) is 2.62. The average molecular weight is 389 g/mol. The maximum Gasteiger partial charge on any atom is 0.220 e. The monoisotopic (exact) mass is 389 g/mol. The van der Waals surface area contributed by atoms with Gasteiger partial charge in [-0.15, -0.1) is 0 Å². The lowest BCUT2D eigenvalue weighted by Gasteiger charge is -2.14. The first-order valence-corrected chi connectivity index (χ1v) is 8.93. The van der Waals surface area contributed by atoms with E-state index in [1.165, 1.54) is 0 Å². The van der Waals surface area contributed by atoms with Crippen molar-refractivity contribution in [2.24, 2.45) is 0 Å². The normalized spacial score (nSPS) is 10.1. The Hall–Kier alpha value is -3.09. The zero-order valence-electron chi connectivity index (χ0n) is 16.7. The van der Waals surface area contributed by atoms with Gasteiger partial charge in [-0.2, -0.15) is 0 Å². The molecule has 0 saturated carbocycles. The molecule has 0 aliphatic rings. The van der Waals surface area contributed by atoms with Crippen LogP contribution in [0.15, 0.2) is 36.4 Å². The quantitative estimate of drug-likeness (QED) is 0.595. The fraction of sp³-hybridized carbons (Fsp3) is 0.381. The number of carbonyl (C=O) groups is 1. The number of hydrogen-bond donors (Lipinski definition) is 1. The van der Waals surface area contributed by atoms with Crippen molar-refractivity contribution in [2.75, 3.05) is 35.0 Å². The summed E-state index contributed by atoms with van der Waals surface area (Å²) in [4.78, 5) is 12.1. The molecule has 1 N–H and O–H groups in total. The molecular weight excluding hydrogens is 362 g/mol. The highest BCUT2D eigenvalue weighted by molar-refractivity contribution is 5.75. The van der Waals surface area contributed by atoms with Gasteiger partial charge in [-0.3, -0.25) is 4.79 Å². The Morgan fingerprint density at radius 3 is 2.00 bits per heavy atom. The van der Waals surface area contributed by atoms with Crippen LogP contribution >= 0.6 is 0 Å². The number of ether oxygens (including phenoxy) is 5. The topological polar surface area (TPSA) is 75.3 Å². The number of amides is 1. The number of carbonyl (C=O) groups excluding carboxylic acids is 1. The van der Waals surface area contributed by atoms with Gasteiger partial charge >= 0.3 is 0 Å². The molecule has 0 aliphatic heterocycles. The molecule has 28 heavy (non-hydrogen) atoms. The third-order valence-electron chi connectivity index (χ3n) is 4.09. The first kappa shape index (κ1) is 21.2. The van der Waals surface area contributed by atoms with E-state index in [-0.39, 0.29) is 5.91 Å². The Morgan fingerprint density at radius 2 is 1.46 bits per heavy atom. The van der Waals surface area contributed by atoms with Gasteiger partial charge < -0.3 is 29.0 Å². The van der Waals surface area contributed by atoms with Gasteiger partial charge in [0.1, 0.15) is 11.5 Å². The lowest BCUT2D eigenvalue weighted by atomic mass is 10.1. The van der Waals surface area contributed by atoms with E-state index in [1.807, 2.05) is 36.4 Å². The Balaban J connectivity index is 1.77. The predicted molar refractivity (Wildman–Crippen MR) is 106 cm³/mol. The summed E-state index contributed by atoms with van der Waals surface area (Å²) >= 11 is 0. The molecule has 0 saturated heterocycles. The zero-order chi connectivity index (χ0) is 20.4. The van der Waals surface area contributed by atoms with Crippen LogP contribution in [0.4, 0.5) is 0 Å².